The van der Waals surface area contributed by atoms with Crippen molar-refractivity contribution >= 4 is 0 Å². The van der Waals surface area contributed by atoms with Crippen LogP contribution in [0, 0.1) is 6.92 Å². The molecule has 2 aromatic carbocycles. The molecule has 104 valence electrons. The lowest BCUT2D eigenvalue weighted by molar-refractivity contribution is 0.242. The molecule has 1 aliphatic heterocycles. The normalized spacial score (nSPS) is 16.6. The van der Waals surface area contributed by atoms with Crippen LogP contribution in [-0.4, -0.2) is 19.8 Å². The SMILES string of the molecule is COc1ccccc1-c1cc(C)cc2c1O[C@@H](CN)C2. The van der Waals surface area contributed by atoms with Crippen molar-refractivity contribution in [2.45, 2.75) is 19.4 Å². The smallest absolute Gasteiger partial charge is 0.131 e. The molecule has 3 rings (SSSR count). The van der Waals surface area contributed by atoms with Gasteiger partial charge >= 0.3 is 0 Å². The lowest BCUT2D eigenvalue weighted by atomic mass is 9.97. The fourth-order valence-corrected chi connectivity index (χ4v) is 2.79. The summed E-state index contributed by atoms with van der Waals surface area (Å²) < 4.78 is 11.5. The van der Waals surface area contributed by atoms with E-state index in [-0.39, 0.29) is 6.10 Å². The van der Waals surface area contributed by atoms with Crippen LogP contribution in [0.15, 0.2) is 36.4 Å². The number of ether oxygens (including phenoxy) is 2. The first-order valence-corrected chi connectivity index (χ1v) is 6.86. The van der Waals surface area contributed by atoms with E-state index in [1.165, 1.54) is 11.1 Å². The maximum Gasteiger partial charge on any atom is 0.131 e. The average Bonchev–Trinajstić information content (AvgIpc) is 2.89. The van der Waals surface area contributed by atoms with Gasteiger partial charge in [0.1, 0.15) is 17.6 Å². The van der Waals surface area contributed by atoms with Gasteiger partial charge in [0, 0.05) is 24.1 Å². The van der Waals surface area contributed by atoms with Gasteiger partial charge in [-0.05, 0) is 30.2 Å². The van der Waals surface area contributed by atoms with Crippen LogP contribution in [0.2, 0.25) is 0 Å². The molecule has 0 amide bonds. The molecular formula is C17H19NO2. The minimum atomic E-state index is 0.0836. The summed E-state index contributed by atoms with van der Waals surface area (Å²) in [5, 5.41) is 0. The molecule has 0 saturated carbocycles. The van der Waals surface area contributed by atoms with Crippen molar-refractivity contribution < 1.29 is 9.47 Å². The van der Waals surface area contributed by atoms with E-state index in [1.807, 2.05) is 18.2 Å². The summed E-state index contributed by atoms with van der Waals surface area (Å²) in [7, 11) is 1.69. The van der Waals surface area contributed by atoms with Gasteiger partial charge in [-0.3, -0.25) is 0 Å². The van der Waals surface area contributed by atoms with Crippen LogP contribution in [0.4, 0.5) is 0 Å². The van der Waals surface area contributed by atoms with E-state index < -0.39 is 0 Å². The van der Waals surface area contributed by atoms with E-state index in [0.717, 1.165) is 29.0 Å². The maximum absolute atomic E-state index is 6.02. The van der Waals surface area contributed by atoms with Gasteiger partial charge in [0.2, 0.25) is 0 Å². The molecule has 0 fully saturated rings. The van der Waals surface area contributed by atoms with Crippen molar-refractivity contribution in [1.82, 2.24) is 0 Å². The summed E-state index contributed by atoms with van der Waals surface area (Å²) in [6.07, 6.45) is 0.968. The number of para-hydroxylation sites is 1. The van der Waals surface area contributed by atoms with E-state index in [2.05, 4.69) is 25.1 Å². The number of hydrogen-bond donors (Lipinski definition) is 1. The Morgan fingerprint density at radius 2 is 2.05 bits per heavy atom. The molecular weight excluding hydrogens is 250 g/mol. The van der Waals surface area contributed by atoms with Gasteiger partial charge in [-0.25, -0.2) is 0 Å². The van der Waals surface area contributed by atoms with Gasteiger partial charge in [0.05, 0.1) is 7.11 Å². The van der Waals surface area contributed by atoms with Crippen molar-refractivity contribution in [3.63, 3.8) is 0 Å². The van der Waals surface area contributed by atoms with Gasteiger partial charge in [-0.1, -0.05) is 24.3 Å². The van der Waals surface area contributed by atoms with Gasteiger partial charge in [0.15, 0.2) is 0 Å². The molecule has 0 radical (unpaired) electrons. The Morgan fingerprint density at radius 1 is 1.25 bits per heavy atom. The first-order valence-electron chi connectivity index (χ1n) is 6.86. The number of rotatable bonds is 3. The number of aryl methyl sites for hydroxylation is 1. The minimum absolute atomic E-state index is 0.0836. The predicted molar refractivity (Wildman–Crippen MR) is 80.3 cm³/mol. The molecule has 1 aliphatic rings. The lowest BCUT2D eigenvalue weighted by Gasteiger charge is -2.14. The number of hydrogen-bond acceptors (Lipinski definition) is 3. The zero-order chi connectivity index (χ0) is 14.1. The quantitative estimate of drug-likeness (QED) is 0.931. The number of nitrogens with two attached hydrogens (primary N) is 1. The molecule has 2 N–H and O–H groups in total. The Morgan fingerprint density at radius 3 is 2.80 bits per heavy atom. The van der Waals surface area contributed by atoms with Crippen molar-refractivity contribution in [3.05, 3.63) is 47.5 Å². The second-order valence-electron chi connectivity index (χ2n) is 5.18. The minimum Gasteiger partial charge on any atom is -0.496 e. The Bertz CT molecular complexity index is 637. The summed E-state index contributed by atoms with van der Waals surface area (Å²) in [4.78, 5) is 0. The number of methoxy groups -OCH3 is 1. The largest absolute Gasteiger partial charge is 0.496 e. The topological polar surface area (TPSA) is 44.5 Å². The molecule has 0 unspecified atom stereocenters. The fourth-order valence-electron chi connectivity index (χ4n) is 2.79. The Balaban J connectivity index is 2.16. The highest BCUT2D eigenvalue weighted by molar-refractivity contribution is 5.78. The standard InChI is InChI=1S/C17H19NO2/c1-11-7-12-9-13(10-18)20-17(12)15(8-11)14-5-3-4-6-16(14)19-2/h3-8,13H,9-10,18H2,1-2H3/t13-/m1/s1. The van der Waals surface area contributed by atoms with Crippen LogP contribution in [0.1, 0.15) is 11.1 Å². The summed E-state index contributed by atoms with van der Waals surface area (Å²) >= 11 is 0. The first-order chi connectivity index (χ1) is 9.72. The highest BCUT2D eigenvalue weighted by atomic mass is 16.5. The number of fused-ring (bicyclic) bond motifs is 1. The van der Waals surface area contributed by atoms with Crippen LogP contribution < -0.4 is 15.2 Å². The van der Waals surface area contributed by atoms with Crippen molar-refractivity contribution in [3.8, 4) is 22.6 Å². The van der Waals surface area contributed by atoms with Gasteiger partial charge in [-0.15, -0.1) is 0 Å². The molecule has 3 heteroatoms. The molecule has 0 aromatic heterocycles. The Labute approximate surface area is 119 Å². The van der Waals surface area contributed by atoms with Gasteiger partial charge in [-0.2, -0.15) is 0 Å². The molecule has 20 heavy (non-hydrogen) atoms. The van der Waals surface area contributed by atoms with Crippen LogP contribution >= 0.6 is 0 Å². The molecule has 2 aromatic rings. The van der Waals surface area contributed by atoms with E-state index in [0.29, 0.717) is 6.54 Å². The van der Waals surface area contributed by atoms with Crippen LogP contribution in [0.5, 0.6) is 11.5 Å². The van der Waals surface area contributed by atoms with E-state index in [1.54, 1.807) is 7.11 Å². The van der Waals surface area contributed by atoms with Crippen molar-refractivity contribution in [2.24, 2.45) is 5.73 Å². The molecule has 0 aliphatic carbocycles. The molecule has 0 spiro atoms. The first kappa shape index (κ1) is 13.0. The Kier molecular flexibility index (Phi) is 3.36. The second-order valence-corrected chi connectivity index (χ2v) is 5.18. The molecule has 0 bridgehead atoms. The van der Waals surface area contributed by atoms with E-state index >= 15 is 0 Å². The van der Waals surface area contributed by atoms with E-state index in [9.17, 15) is 0 Å². The third kappa shape index (κ3) is 2.14. The van der Waals surface area contributed by atoms with Crippen LogP contribution in [-0.2, 0) is 6.42 Å². The highest BCUT2D eigenvalue weighted by Gasteiger charge is 2.26. The fraction of sp³-hybridized carbons (Fsp3) is 0.294. The van der Waals surface area contributed by atoms with Crippen LogP contribution in [0.3, 0.4) is 0 Å². The maximum atomic E-state index is 6.02. The van der Waals surface area contributed by atoms with Crippen LogP contribution in [0.25, 0.3) is 11.1 Å². The molecule has 1 atom stereocenters. The molecule has 1 heterocycles. The Hall–Kier alpha value is -2.00. The summed E-state index contributed by atoms with van der Waals surface area (Å²) in [5.41, 5.74) is 10.4. The summed E-state index contributed by atoms with van der Waals surface area (Å²) in [6.45, 7) is 2.65. The van der Waals surface area contributed by atoms with Crippen molar-refractivity contribution in [1.29, 1.82) is 0 Å². The van der Waals surface area contributed by atoms with Crippen molar-refractivity contribution in [2.75, 3.05) is 13.7 Å². The third-order valence-corrected chi connectivity index (χ3v) is 3.70. The zero-order valence-corrected chi connectivity index (χ0v) is 11.8. The summed E-state index contributed by atoms with van der Waals surface area (Å²) in [5.74, 6) is 1.82. The van der Waals surface area contributed by atoms with Gasteiger partial charge < -0.3 is 15.2 Å². The zero-order valence-electron chi connectivity index (χ0n) is 11.8. The lowest BCUT2D eigenvalue weighted by Crippen LogP contribution is -2.24. The monoisotopic (exact) mass is 269 g/mol. The average molecular weight is 269 g/mol. The van der Waals surface area contributed by atoms with Gasteiger partial charge in [0.25, 0.3) is 0 Å². The number of benzene rings is 2. The summed E-state index contributed by atoms with van der Waals surface area (Å²) in [6, 6.07) is 12.4. The predicted octanol–water partition coefficient (Wildman–Crippen LogP) is 2.93. The second kappa shape index (κ2) is 5.17. The molecule has 3 nitrogen and oxygen atoms in total. The molecule has 0 saturated heterocycles. The highest BCUT2D eigenvalue weighted by Crippen LogP contribution is 2.42. The van der Waals surface area contributed by atoms with E-state index in [4.69, 9.17) is 15.2 Å². The third-order valence-electron chi connectivity index (χ3n) is 3.70.